The van der Waals surface area contributed by atoms with Crippen LogP contribution < -0.4 is 11.3 Å². The quantitative estimate of drug-likeness (QED) is 0.506. The molecule has 1 heterocycles. The van der Waals surface area contributed by atoms with E-state index < -0.39 is 0 Å². The maximum absolute atomic E-state index is 5.77. The van der Waals surface area contributed by atoms with Crippen LogP contribution in [-0.2, 0) is 13.0 Å². The van der Waals surface area contributed by atoms with Crippen molar-refractivity contribution in [2.24, 2.45) is 11.8 Å². The van der Waals surface area contributed by atoms with Crippen LogP contribution in [0.1, 0.15) is 58.7 Å². The smallest absolute Gasteiger partial charge is 0.110 e. The number of nitrogens with zero attached hydrogens (tertiary/aromatic N) is 2. The van der Waals surface area contributed by atoms with E-state index in [1.165, 1.54) is 25.7 Å². The lowest BCUT2D eigenvalue weighted by Gasteiger charge is -2.25. The summed E-state index contributed by atoms with van der Waals surface area (Å²) in [5, 5.41) is 0. The normalized spacial score (nSPS) is 14.5. The molecule has 110 valence electrons. The van der Waals surface area contributed by atoms with Gasteiger partial charge in [-0.1, -0.05) is 40.0 Å². The first-order chi connectivity index (χ1) is 9.26. The third kappa shape index (κ3) is 4.96. The summed E-state index contributed by atoms with van der Waals surface area (Å²) in [7, 11) is 0. The third-order valence-corrected chi connectivity index (χ3v) is 3.90. The lowest BCUT2D eigenvalue weighted by molar-refractivity contribution is 0.312. The molecule has 0 radical (unpaired) electrons. The average Bonchev–Trinajstić information content (AvgIpc) is 2.86. The van der Waals surface area contributed by atoms with Crippen molar-refractivity contribution in [3.63, 3.8) is 0 Å². The number of hydrazine groups is 1. The van der Waals surface area contributed by atoms with Crippen molar-refractivity contribution < 1.29 is 0 Å². The number of rotatable bonds is 10. The fourth-order valence-corrected chi connectivity index (χ4v) is 2.69. The molecule has 0 aliphatic heterocycles. The zero-order chi connectivity index (χ0) is 14.1. The lowest BCUT2D eigenvalue weighted by atomic mass is 9.89. The molecule has 0 fully saturated rings. The molecule has 4 nitrogen and oxygen atoms in total. The zero-order valence-corrected chi connectivity index (χ0v) is 12.7. The Kier molecular flexibility index (Phi) is 7.75. The molecule has 1 rings (SSSR count). The number of hydrogen-bond donors (Lipinski definition) is 2. The van der Waals surface area contributed by atoms with E-state index in [0.717, 1.165) is 25.2 Å². The van der Waals surface area contributed by atoms with Gasteiger partial charge < -0.3 is 4.57 Å². The Bertz CT molecular complexity index is 335. The first kappa shape index (κ1) is 16.2. The van der Waals surface area contributed by atoms with Crippen molar-refractivity contribution in [1.29, 1.82) is 0 Å². The Morgan fingerprint density at radius 1 is 1.32 bits per heavy atom. The molecular weight excluding hydrogens is 236 g/mol. The highest BCUT2D eigenvalue weighted by atomic mass is 15.2. The van der Waals surface area contributed by atoms with Crippen molar-refractivity contribution in [2.75, 3.05) is 0 Å². The summed E-state index contributed by atoms with van der Waals surface area (Å²) in [6.45, 7) is 7.73. The summed E-state index contributed by atoms with van der Waals surface area (Å²) in [6, 6.07) is 0.328. The van der Waals surface area contributed by atoms with Crippen molar-refractivity contribution in [3.8, 4) is 0 Å². The van der Waals surface area contributed by atoms with Crippen LogP contribution in [0.15, 0.2) is 12.4 Å². The Balaban J connectivity index is 2.65. The molecule has 1 aromatic rings. The van der Waals surface area contributed by atoms with E-state index in [0.29, 0.717) is 12.0 Å². The van der Waals surface area contributed by atoms with Crippen molar-refractivity contribution in [2.45, 2.75) is 71.9 Å². The molecule has 3 N–H and O–H groups in total. The monoisotopic (exact) mass is 266 g/mol. The Morgan fingerprint density at radius 3 is 2.68 bits per heavy atom. The fraction of sp³-hybridized carbons (Fsp3) is 0.800. The van der Waals surface area contributed by atoms with E-state index in [4.69, 9.17) is 5.84 Å². The molecule has 19 heavy (non-hydrogen) atoms. The third-order valence-electron chi connectivity index (χ3n) is 3.90. The second-order valence-corrected chi connectivity index (χ2v) is 5.32. The largest absolute Gasteiger partial charge is 0.335 e. The van der Waals surface area contributed by atoms with E-state index >= 15 is 0 Å². The number of imidazole rings is 1. The van der Waals surface area contributed by atoms with Gasteiger partial charge in [-0.3, -0.25) is 11.3 Å². The summed E-state index contributed by atoms with van der Waals surface area (Å²) in [5.74, 6) is 7.56. The molecule has 0 bridgehead atoms. The number of aryl methyl sites for hydroxylation is 1. The maximum atomic E-state index is 5.77. The van der Waals surface area contributed by atoms with Crippen molar-refractivity contribution >= 4 is 0 Å². The molecular formula is C15H30N4. The van der Waals surface area contributed by atoms with Gasteiger partial charge in [0.05, 0.1) is 0 Å². The predicted octanol–water partition coefficient (Wildman–Crippen LogP) is 2.88. The molecule has 2 unspecified atom stereocenters. The SMILES string of the molecule is CCCCC(CC)C(Cc1nccn1CCC)NN. The standard InChI is InChI=1S/C15H30N4/c1-4-7-8-13(6-3)14(18-16)12-15-17-9-11-19(15)10-5-2/h9,11,13-14,18H,4-8,10,12,16H2,1-3H3. The van der Waals surface area contributed by atoms with E-state index in [9.17, 15) is 0 Å². The van der Waals surface area contributed by atoms with Gasteiger partial charge in [-0.25, -0.2) is 4.98 Å². The Labute approximate surface area is 117 Å². The molecule has 2 atom stereocenters. The summed E-state index contributed by atoms with van der Waals surface area (Å²) < 4.78 is 2.25. The van der Waals surface area contributed by atoms with Crippen LogP contribution in [-0.4, -0.2) is 15.6 Å². The first-order valence-corrected chi connectivity index (χ1v) is 7.72. The second kappa shape index (κ2) is 9.10. The highest BCUT2D eigenvalue weighted by Gasteiger charge is 2.20. The van der Waals surface area contributed by atoms with E-state index in [1.54, 1.807) is 0 Å². The Hall–Kier alpha value is -0.870. The van der Waals surface area contributed by atoms with Crippen molar-refractivity contribution in [1.82, 2.24) is 15.0 Å². The summed E-state index contributed by atoms with van der Waals surface area (Å²) in [6.07, 6.45) is 11.0. The van der Waals surface area contributed by atoms with E-state index in [-0.39, 0.29) is 0 Å². The number of unbranched alkanes of at least 4 members (excludes halogenated alkanes) is 1. The van der Waals surface area contributed by atoms with Crippen LogP contribution in [0.3, 0.4) is 0 Å². The first-order valence-electron chi connectivity index (χ1n) is 7.72. The van der Waals surface area contributed by atoms with Gasteiger partial charge in [0.25, 0.3) is 0 Å². The molecule has 4 heteroatoms. The van der Waals surface area contributed by atoms with E-state index in [1.807, 2.05) is 6.20 Å². The van der Waals surface area contributed by atoms with E-state index in [2.05, 4.69) is 41.9 Å². The molecule has 0 aliphatic carbocycles. The molecule has 0 aromatic carbocycles. The van der Waals surface area contributed by atoms with Crippen LogP contribution in [0, 0.1) is 5.92 Å². The van der Waals surface area contributed by atoms with Gasteiger partial charge in [0.15, 0.2) is 0 Å². The number of nitrogens with two attached hydrogens (primary N) is 1. The highest BCUT2D eigenvalue weighted by Crippen LogP contribution is 2.19. The van der Waals surface area contributed by atoms with Crippen LogP contribution in [0.5, 0.6) is 0 Å². The van der Waals surface area contributed by atoms with Crippen LogP contribution in [0.25, 0.3) is 0 Å². The minimum absolute atomic E-state index is 0.328. The summed E-state index contributed by atoms with van der Waals surface area (Å²) in [5.41, 5.74) is 3.02. The Morgan fingerprint density at radius 2 is 2.11 bits per heavy atom. The van der Waals surface area contributed by atoms with Gasteiger partial charge in [-0.05, 0) is 18.8 Å². The lowest BCUT2D eigenvalue weighted by Crippen LogP contribution is -2.43. The summed E-state index contributed by atoms with van der Waals surface area (Å²) in [4.78, 5) is 4.49. The van der Waals surface area contributed by atoms with Gasteiger partial charge in [0.1, 0.15) is 5.82 Å². The van der Waals surface area contributed by atoms with Crippen LogP contribution >= 0.6 is 0 Å². The number of hydrogen-bond acceptors (Lipinski definition) is 3. The summed E-state index contributed by atoms with van der Waals surface area (Å²) >= 11 is 0. The number of aromatic nitrogens is 2. The molecule has 0 saturated carbocycles. The molecule has 0 amide bonds. The van der Waals surface area contributed by atoms with Crippen LogP contribution in [0.2, 0.25) is 0 Å². The molecule has 1 aromatic heterocycles. The molecule has 0 saturated heterocycles. The minimum Gasteiger partial charge on any atom is -0.335 e. The maximum Gasteiger partial charge on any atom is 0.110 e. The molecule has 0 aliphatic rings. The van der Waals surface area contributed by atoms with Crippen molar-refractivity contribution in [3.05, 3.63) is 18.2 Å². The van der Waals surface area contributed by atoms with Gasteiger partial charge in [-0.2, -0.15) is 0 Å². The highest BCUT2D eigenvalue weighted by molar-refractivity contribution is 4.96. The minimum atomic E-state index is 0.328. The average molecular weight is 266 g/mol. The van der Waals surface area contributed by atoms with Gasteiger partial charge in [-0.15, -0.1) is 0 Å². The predicted molar refractivity (Wildman–Crippen MR) is 80.6 cm³/mol. The number of nitrogens with one attached hydrogen (secondary N) is 1. The topological polar surface area (TPSA) is 55.9 Å². The zero-order valence-electron chi connectivity index (χ0n) is 12.7. The van der Waals surface area contributed by atoms with Gasteiger partial charge in [0.2, 0.25) is 0 Å². The van der Waals surface area contributed by atoms with Gasteiger partial charge >= 0.3 is 0 Å². The fourth-order valence-electron chi connectivity index (χ4n) is 2.69. The second-order valence-electron chi connectivity index (χ2n) is 5.32. The van der Waals surface area contributed by atoms with Crippen LogP contribution in [0.4, 0.5) is 0 Å². The molecule has 0 spiro atoms. The van der Waals surface area contributed by atoms with Gasteiger partial charge in [0, 0.05) is 31.4 Å².